The summed E-state index contributed by atoms with van der Waals surface area (Å²) in [5.74, 6) is -0.412. The summed E-state index contributed by atoms with van der Waals surface area (Å²) in [6.45, 7) is 1.34. The maximum absolute atomic E-state index is 10.8. The molecule has 1 aliphatic carbocycles. The van der Waals surface area contributed by atoms with Crippen LogP contribution >= 0.6 is 0 Å². The Morgan fingerprint density at radius 2 is 2.17 bits per heavy atom. The van der Waals surface area contributed by atoms with Gasteiger partial charge in [0.05, 0.1) is 6.04 Å². The summed E-state index contributed by atoms with van der Waals surface area (Å²) in [6.07, 6.45) is 15.9. The Morgan fingerprint density at radius 1 is 1.28 bits per heavy atom. The van der Waals surface area contributed by atoms with Crippen molar-refractivity contribution in [3.63, 3.8) is 0 Å². The van der Waals surface area contributed by atoms with E-state index in [1.54, 1.807) is 0 Å². The second-order valence-electron chi connectivity index (χ2n) is 4.21. The van der Waals surface area contributed by atoms with Gasteiger partial charge in [0.15, 0.2) is 0 Å². The number of carbonyl (C=O) groups is 1. The molecule has 90 valence electrons. The highest BCUT2D eigenvalue weighted by Gasteiger charge is 2.30. The first-order valence-electron chi connectivity index (χ1n) is 5.74. The largest absolute Gasteiger partial charge is 0.343 e. The maximum atomic E-state index is 10.8. The standard InChI is InChI=1S/C14H12N2O2/c1-10(17)18-15-13-7-9-16-8-3-5-11-4-2-6-12(13)14(11)16/h2-9,14H,1H3/b15-13+. The normalized spacial score (nSPS) is 25.7. The minimum Gasteiger partial charge on any atom is -0.343 e. The molecule has 0 saturated carbocycles. The molecule has 0 aromatic heterocycles. The summed E-state index contributed by atoms with van der Waals surface area (Å²) < 4.78 is 0. The Hall–Kier alpha value is -2.36. The van der Waals surface area contributed by atoms with Crippen LogP contribution in [0.25, 0.3) is 0 Å². The molecule has 4 nitrogen and oxygen atoms in total. The van der Waals surface area contributed by atoms with E-state index in [0.29, 0.717) is 5.71 Å². The van der Waals surface area contributed by atoms with Crippen molar-refractivity contribution in [3.8, 4) is 0 Å². The minimum atomic E-state index is -0.412. The molecule has 2 heterocycles. The Morgan fingerprint density at radius 3 is 3.00 bits per heavy atom. The molecule has 4 heteroatoms. The van der Waals surface area contributed by atoms with Gasteiger partial charge in [-0.1, -0.05) is 29.5 Å². The van der Waals surface area contributed by atoms with Crippen LogP contribution < -0.4 is 0 Å². The van der Waals surface area contributed by atoms with Crippen LogP contribution in [0.3, 0.4) is 0 Å². The van der Waals surface area contributed by atoms with Crippen LogP contribution in [0.4, 0.5) is 0 Å². The van der Waals surface area contributed by atoms with Gasteiger partial charge in [0.25, 0.3) is 0 Å². The van der Waals surface area contributed by atoms with E-state index < -0.39 is 5.97 Å². The summed E-state index contributed by atoms with van der Waals surface area (Å²) in [6, 6.07) is 0.138. The zero-order chi connectivity index (χ0) is 12.5. The fourth-order valence-corrected chi connectivity index (χ4v) is 2.25. The molecule has 0 radical (unpaired) electrons. The average Bonchev–Trinajstić information content (AvgIpc) is 2.38. The van der Waals surface area contributed by atoms with Crippen LogP contribution in [0.1, 0.15) is 6.92 Å². The van der Waals surface area contributed by atoms with Crippen molar-refractivity contribution in [2.24, 2.45) is 5.16 Å². The molecule has 0 bridgehead atoms. The highest BCUT2D eigenvalue weighted by atomic mass is 16.7. The minimum absolute atomic E-state index is 0.138. The highest BCUT2D eigenvalue weighted by Crippen LogP contribution is 2.31. The van der Waals surface area contributed by atoms with Crippen LogP contribution in [-0.2, 0) is 9.63 Å². The Labute approximate surface area is 105 Å². The summed E-state index contributed by atoms with van der Waals surface area (Å²) >= 11 is 0. The van der Waals surface area contributed by atoms with Crippen molar-refractivity contribution in [3.05, 3.63) is 60.0 Å². The smallest absolute Gasteiger partial charge is 0.332 e. The van der Waals surface area contributed by atoms with E-state index >= 15 is 0 Å². The van der Waals surface area contributed by atoms with E-state index in [4.69, 9.17) is 4.84 Å². The van der Waals surface area contributed by atoms with Crippen molar-refractivity contribution >= 4 is 11.7 Å². The number of hydrogen-bond acceptors (Lipinski definition) is 4. The molecule has 0 aromatic carbocycles. The second kappa shape index (κ2) is 4.14. The lowest BCUT2D eigenvalue weighted by molar-refractivity contribution is -0.140. The third kappa shape index (κ3) is 1.72. The predicted molar refractivity (Wildman–Crippen MR) is 68.4 cm³/mol. The van der Waals surface area contributed by atoms with E-state index in [-0.39, 0.29) is 6.04 Å². The van der Waals surface area contributed by atoms with Gasteiger partial charge in [-0.15, -0.1) is 0 Å². The van der Waals surface area contributed by atoms with Crippen LogP contribution in [0.2, 0.25) is 0 Å². The van der Waals surface area contributed by atoms with Gasteiger partial charge in [0.1, 0.15) is 5.71 Å². The fraction of sp³-hybridized carbons (Fsp3) is 0.143. The number of allylic oxidation sites excluding steroid dienone is 5. The van der Waals surface area contributed by atoms with Crippen molar-refractivity contribution < 1.29 is 9.63 Å². The van der Waals surface area contributed by atoms with Gasteiger partial charge in [-0.05, 0) is 17.7 Å². The van der Waals surface area contributed by atoms with Gasteiger partial charge in [0.2, 0.25) is 0 Å². The lowest BCUT2D eigenvalue weighted by atomic mass is 9.86. The van der Waals surface area contributed by atoms with E-state index in [0.717, 1.165) is 5.57 Å². The van der Waals surface area contributed by atoms with Gasteiger partial charge >= 0.3 is 5.97 Å². The zero-order valence-electron chi connectivity index (χ0n) is 9.91. The first-order chi connectivity index (χ1) is 8.75. The third-order valence-electron chi connectivity index (χ3n) is 2.99. The molecular formula is C14H12N2O2. The van der Waals surface area contributed by atoms with Gasteiger partial charge in [-0.25, -0.2) is 4.79 Å². The molecule has 1 atom stereocenters. The van der Waals surface area contributed by atoms with Crippen molar-refractivity contribution in [2.75, 3.05) is 0 Å². The Balaban J connectivity index is 2.01. The summed E-state index contributed by atoms with van der Waals surface area (Å²) in [7, 11) is 0. The highest BCUT2D eigenvalue weighted by molar-refractivity contribution is 6.11. The van der Waals surface area contributed by atoms with Crippen LogP contribution in [-0.4, -0.2) is 22.6 Å². The fourth-order valence-electron chi connectivity index (χ4n) is 2.25. The predicted octanol–water partition coefficient (Wildman–Crippen LogP) is 2.05. The lowest BCUT2D eigenvalue weighted by Gasteiger charge is -2.37. The van der Waals surface area contributed by atoms with Crippen LogP contribution in [0.5, 0.6) is 0 Å². The molecule has 0 spiro atoms. The van der Waals surface area contributed by atoms with Crippen molar-refractivity contribution in [2.45, 2.75) is 13.0 Å². The molecule has 0 N–H and O–H groups in total. The van der Waals surface area contributed by atoms with E-state index in [1.165, 1.54) is 12.5 Å². The Bertz CT molecular complexity index is 577. The molecule has 0 fully saturated rings. The number of hydrogen-bond donors (Lipinski definition) is 0. The molecule has 3 aliphatic rings. The summed E-state index contributed by atoms with van der Waals surface area (Å²) in [5, 5.41) is 3.89. The van der Waals surface area contributed by atoms with Gasteiger partial charge < -0.3 is 9.74 Å². The molecule has 1 unspecified atom stereocenters. The van der Waals surface area contributed by atoms with Crippen LogP contribution in [0.15, 0.2) is 65.2 Å². The monoisotopic (exact) mass is 240 g/mol. The molecule has 2 aliphatic heterocycles. The lowest BCUT2D eigenvalue weighted by Crippen LogP contribution is -2.38. The van der Waals surface area contributed by atoms with Crippen molar-refractivity contribution in [1.82, 2.24) is 4.90 Å². The second-order valence-corrected chi connectivity index (χ2v) is 4.21. The summed E-state index contributed by atoms with van der Waals surface area (Å²) in [4.78, 5) is 17.7. The van der Waals surface area contributed by atoms with Crippen LogP contribution in [0, 0.1) is 0 Å². The molecular weight excluding hydrogens is 228 g/mol. The SMILES string of the molecule is CC(=O)O/N=C1\C=CN2C=CC=C3C=CC=C1C32. The first kappa shape index (κ1) is 10.8. The molecule has 0 amide bonds. The maximum Gasteiger partial charge on any atom is 0.332 e. The zero-order valence-corrected chi connectivity index (χ0v) is 9.91. The van der Waals surface area contributed by atoms with E-state index in [2.05, 4.69) is 22.2 Å². The van der Waals surface area contributed by atoms with E-state index in [9.17, 15) is 4.79 Å². The first-order valence-corrected chi connectivity index (χ1v) is 5.74. The molecule has 3 rings (SSSR count). The van der Waals surface area contributed by atoms with Gasteiger partial charge in [-0.2, -0.15) is 0 Å². The number of rotatable bonds is 1. The molecule has 0 saturated heterocycles. The number of carbonyl (C=O) groups excluding carboxylic acids is 1. The number of oxime groups is 1. The van der Waals surface area contributed by atoms with Gasteiger partial charge in [0, 0.05) is 24.9 Å². The topological polar surface area (TPSA) is 41.9 Å². The molecule has 18 heavy (non-hydrogen) atoms. The van der Waals surface area contributed by atoms with E-state index in [1.807, 2.05) is 36.7 Å². The third-order valence-corrected chi connectivity index (χ3v) is 2.99. The molecule has 0 aromatic rings. The van der Waals surface area contributed by atoms with Crippen molar-refractivity contribution in [1.29, 1.82) is 0 Å². The Kier molecular flexibility index (Phi) is 2.48. The average molecular weight is 240 g/mol. The van der Waals surface area contributed by atoms with Gasteiger partial charge in [-0.3, -0.25) is 0 Å². The number of nitrogens with zero attached hydrogens (tertiary/aromatic N) is 2. The quantitative estimate of drug-likeness (QED) is 0.520. The summed E-state index contributed by atoms with van der Waals surface area (Å²) in [5.41, 5.74) is 2.93.